The zero-order valence-electron chi connectivity index (χ0n) is 21.4. The molecule has 0 amide bonds. The molecule has 1 aliphatic rings. The number of thiazole rings is 1. The molecule has 38 heavy (non-hydrogen) atoms. The summed E-state index contributed by atoms with van der Waals surface area (Å²) in [6.45, 7) is 2.89. The van der Waals surface area contributed by atoms with Gasteiger partial charge in [0.15, 0.2) is 0 Å². The van der Waals surface area contributed by atoms with Crippen molar-refractivity contribution in [1.29, 1.82) is 0 Å². The third kappa shape index (κ3) is 5.65. The van der Waals surface area contributed by atoms with Crippen molar-refractivity contribution in [3.8, 4) is 5.75 Å². The molecule has 4 nitrogen and oxygen atoms in total. The molecule has 0 spiro atoms. The fraction of sp³-hybridized carbons (Fsp3) is 0.242. The van der Waals surface area contributed by atoms with Gasteiger partial charge in [0.25, 0.3) is 0 Å². The Labute approximate surface area is 227 Å². The second-order valence-electron chi connectivity index (χ2n) is 10.00. The Hall–Kier alpha value is -3.51. The van der Waals surface area contributed by atoms with Crippen LogP contribution >= 0.6 is 11.3 Å². The molecule has 0 radical (unpaired) electrons. The Bertz CT molecular complexity index is 1510. The van der Waals surface area contributed by atoms with Crippen LogP contribution in [0.2, 0.25) is 0 Å². The lowest BCUT2D eigenvalue weighted by atomic mass is 9.86. The number of para-hydroxylation sites is 2. The van der Waals surface area contributed by atoms with Crippen molar-refractivity contribution in [2.45, 2.75) is 24.9 Å². The van der Waals surface area contributed by atoms with E-state index < -0.39 is 6.10 Å². The van der Waals surface area contributed by atoms with E-state index in [0.29, 0.717) is 12.5 Å². The molecule has 1 N–H and O–H groups in total. The number of fused-ring (bicyclic) bond motifs is 2. The van der Waals surface area contributed by atoms with Crippen LogP contribution in [-0.4, -0.2) is 47.3 Å². The first-order chi connectivity index (χ1) is 18.7. The van der Waals surface area contributed by atoms with Crippen molar-refractivity contribution in [2.75, 3.05) is 26.2 Å². The van der Waals surface area contributed by atoms with E-state index in [1.807, 2.05) is 54.6 Å². The average Bonchev–Trinajstić information content (AvgIpc) is 3.39. The van der Waals surface area contributed by atoms with Crippen molar-refractivity contribution in [1.82, 2.24) is 9.88 Å². The van der Waals surface area contributed by atoms with Gasteiger partial charge in [-0.15, -0.1) is 11.3 Å². The van der Waals surface area contributed by atoms with Crippen molar-refractivity contribution in [2.24, 2.45) is 0 Å². The van der Waals surface area contributed by atoms with Crippen molar-refractivity contribution in [3.63, 3.8) is 0 Å². The van der Waals surface area contributed by atoms with Crippen LogP contribution in [0.5, 0.6) is 5.75 Å². The lowest BCUT2D eigenvalue weighted by Gasteiger charge is -2.33. The molecular weight excluding hydrogens is 488 g/mol. The summed E-state index contributed by atoms with van der Waals surface area (Å²) < 4.78 is 7.26. The van der Waals surface area contributed by atoms with E-state index in [9.17, 15) is 5.11 Å². The largest absolute Gasteiger partial charge is 0.490 e. The molecule has 1 atom stereocenters. The number of β-amino-alcohol motifs (C(OH)–C–C–N with tert-alkyl or cyclic N) is 1. The highest BCUT2D eigenvalue weighted by Crippen LogP contribution is 2.33. The lowest BCUT2D eigenvalue weighted by molar-refractivity contribution is 0.0594. The fourth-order valence-corrected chi connectivity index (χ4v) is 6.31. The zero-order valence-corrected chi connectivity index (χ0v) is 22.2. The Morgan fingerprint density at radius 1 is 0.895 bits per heavy atom. The summed E-state index contributed by atoms with van der Waals surface area (Å²) in [5.74, 6) is 1.35. The predicted octanol–water partition coefficient (Wildman–Crippen LogP) is 7.24. The van der Waals surface area contributed by atoms with Gasteiger partial charge in [-0.1, -0.05) is 72.8 Å². The Kier molecular flexibility index (Phi) is 7.49. The van der Waals surface area contributed by atoms with Gasteiger partial charge >= 0.3 is 0 Å². The number of hydrogen-bond acceptors (Lipinski definition) is 5. The molecule has 6 rings (SSSR count). The number of aromatic nitrogens is 1. The van der Waals surface area contributed by atoms with Crippen LogP contribution in [0.3, 0.4) is 0 Å². The van der Waals surface area contributed by atoms with Gasteiger partial charge in [0.1, 0.15) is 23.5 Å². The van der Waals surface area contributed by atoms with Crippen LogP contribution in [0.4, 0.5) is 0 Å². The number of rotatable bonds is 8. The molecule has 0 aliphatic carbocycles. The molecule has 5 aromatic rings. The maximum atomic E-state index is 10.8. The van der Waals surface area contributed by atoms with E-state index in [0.717, 1.165) is 47.8 Å². The third-order valence-corrected chi connectivity index (χ3v) is 8.39. The van der Waals surface area contributed by atoms with E-state index in [-0.39, 0.29) is 6.61 Å². The van der Waals surface area contributed by atoms with Gasteiger partial charge in [0.05, 0.1) is 10.2 Å². The summed E-state index contributed by atoms with van der Waals surface area (Å²) in [4.78, 5) is 7.05. The lowest BCUT2D eigenvalue weighted by Crippen LogP contribution is -2.40. The molecule has 1 fully saturated rings. The number of ether oxygens (including phenoxy) is 1. The Balaban J connectivity index is 1.03. The summed E-state index contributed by atoms with van der Waals surface area (Å²) in [7, 11) is 0. The summed E-state index contributed by atoms with van der Waals surface area (Å²) >= 11 is 1.67. The van der Waals surface area contributed by atoms with E-state index in [4.69, 9.17) is 4.74 Å². The highest BCUT2D eigenvalue weighted by Gasteiger charge is 2.23. The molecule has 1 unspecified atom stereocenters. The SMILES string of the molecule is OC(COc1ccccc1/C=C/c1nc2ccccc2s1)CN1CCC(c2cccc3ccccc23)CC1. The normalized spacial score (nSPS) is 15.9. The first-order valence-corrected chi connectivity index (χ1v) is 14.2. The Morgan fingerprint density at radius 3 is 2.55 bits per heavy atom. The quantitative estimate of drug-likeness (QED) is 0.234. The van der Waals surface area contributed by atoms with E-state index in [1.165, 1.54) is 21.0 Å². The molecule has 4 aromatic carbocycles. The van der Waals surface area contributed by atoms with Gasteiger partial charge in [-0.2, -0.15) is 0 Å². The summed E-state index contributed by atoms with van der Waals surface area (Å²) in [6, 6.07) is 31.5. The van der Waals surface area contributed by atoms with Crippen molar-refractivity contribution in [3.05, 3.63) is 107 Å². The summed E-state index contributed by atoms with van der Waals surface area (Å²) in [5.41, 5.74) is 3.46. The summed E-state index contributed by atoms with van der Waals surface area (Å²) in [6.07, 6.45) is 5.76. The van der Waals surface area contributed by atoms with E-state index >= 15 is 0 Å². The first kappa shape index (κ1) is 24.8. The second-order valence-corrected chi connectivity index (χ2v) is 11.1. The molecule has 0 bridgehead atoms. The van der Waals surface area contributed by atoms with Crippen LogP contribution in [0.1, 0.15) is 34.9 Å². The van der Waals surface area contributed by atoms with Gasteiger partial charge in [0, 0.05) is 12.1 Å². The van der Waals surface area contributed by atoms with Crippen LogP contribution in [0.25, 0.3) is 33.1 Å². The van der Waals surface area contributed by atoms with E-state index in [1.54, 1.807) is 11.3 Å². The minimum absolute atomic E-state index is 0.273. The van der Waals surface area contributed by atoms with E-state index in [2.05, 4.69) is 58.4 Å². The minimum Gasteiger partial charge on any atom is -0.490 e. The maximum absolute atomic E-state index is 10.8. The third-order valence-electron chi connectivity index (χ3n) is 7.39. The average molecular weight is 521 g/mol. The fourth-order valence-electron chi connectivity index (χ4n) is 5.44. The number of aliphatic hydroxyl groups is 1. The second kappa shape index (κ2) is 11.5. The number of likely N-dealkylation sites (tertiary alicyclic amines) is 1. The van der Waals surface area contributed by atoms with Gasteiger partial charge in [0.2, 0.25) is 0 Å². The number of aliphatic hydroxyl groups excluding tert-OH is 1. The minimum atomic E-state index is -0.537. The molecule has 192 valence electrons. The summed E-state index contributed by atoms with van der Waals surface area (Å²) in [5, 5.41) is 14.4. The molecule has 1 aliphatic heterocycles. The molecule has 5 heteroatoms. The monoisotopic (exact) mass is 520 g/mol. The standard InChI is InChI=1S/C33H32N2O2S/c36-27(22-35-20-18-25(19-21-35)29-12-7-10-24-8-1-3-11-28(24)29)23-37-31-14-5-2-9-26(31)16-17-33-34-30-13-4-6-15-32(30)38-33/h1-17,25,27,36H,18-23H2/b17-16+. The highest BCUT2D eigenvalue weighted by atomic mass is 32.1. The molecule has 1 saturated heterocycles. The Morgan fingerprint density at radius 2 is 1.66 bits per heavy atom. The van der Waals surface area contributed by atoms with Crippen molar-refractivity contribution < 1.29 is 9.84 Å². The number of benzene rings is 4. The van der Waals surface area contributed by atoms with Crippen molar-refractivity contribution >= 4 is 44.5 Å². The van der Waals surface area contributed by atoms with Crippen LogP contribution in [0.15, 0.2) is 91.0 Å². The smallest absolute Gasteiger partial charge is 0.126 e. The maximum Gasteiger partial charge on any atom is 0.126 e. The number of piperidine rings is 1. The molecule has 2 heterocycles. The highest BCUT2D eigenvalue weighted by molar-refractivity contribution is 7.19. The molecule has 0 saturated carbocycles. The van der Waals surface area contributed by atoms with Crippen LogP contribution in [0, 0.1) is 0 Å². The first-order valence-electron chi connectivity index (χ1n) is 13.4. The van der Waals surface area contributed by atoms with Gasteiger partial charge in [-0.3, -0.25) is 0 Å². The molecule has 1 aromatic heterocycles. The zero-order chi connectivity index (χ0) is 25.7. The van der Waals surface area contributed by atoms with Gasteiger partial charge in [-0.05, 0) is 78.5 Å². The van der Waals surface area contributed by atoms with Gasteiger partial charge < -0.3 is 14.7 Å². The topological polar surface area (TPSA) is 45.6 Å². The van der Waals surface area contributed by atoms with Crippen LogP contribution in [-0.2, 0) is 0 Å². The predicted molar refractivity (Wildman–Crippen MR) is 159 cm³/mol. The molecular formula is C33H32N2O2S. The number of hydrogen-bond donors (Lipinski definition) is 1. The van der Waals surface area contributed by atoms with Crippen LogP contribution < -0.4 is 4.74 Å². The number of nitrogens with zero attached hydrogens (tertiary/aromatic N) is 2. The van der Waals surface area contributed by atoms with Gasteiger partial charge in [-0.25, -0.2) is 4.98 Å².